The Hall–Kier alpha value is -0.0500. The number of unbranched alkanes of at least 4 members (excludes halogenated alkanes) is 7. The standard InChI is InChI=1S/C15H33N3O2S.HI/c1-4-5-6-7-8-9-10-11-12-17-15(16-2)18-13-14-21(3,19)20;/h4-14H2,1-3H3,(H2,16,17,18);1H. The molecule has 0 spiro atoms. The van der Waals surface area contributed by atoms with E-state index in [2.05, 4.69) is 22.5 Å². The van der Waals surface area contributed by atoms with Crippen molar-refractivity contribution >= 4 is 39.8 Å². The zero-order valence-electron chi connectivity index (χ0n) is 14.4. The molecule has 22 heavy (non-hydrogen) atoms. The lowest BCUT2D eigenvalue weighted by molar-refractivity contribution is 0.571. The Labute approximate surface area is 154 Å². The third-order valence-corrected chi connectivity index (χ3v) is 4.26. The Kier molecular flexibility index (Phi) is 17.4. The van der Waals surface area contributed by atoms with E-state index in [1.807, 2.05) is 0 Å². The van der Waals surface area contributed by atoms with Crippen LogP contribution in [0.15, 0.2) is 4.99 Å². The number of sulfone groups is 1. The van der Waals surface area contributed by atoms with E-state index in [1.165, 1.54) is 51.2 Å². The third-order valence-electron chi connectivity index (χ3n) is 3.31. The summed E-state index contributed by atoms with van der Waals surface area (Å²) in [6.07, 6.45) is 11.6. The van der Waals surface area contributed by atoms with Gasteiger partial charge in [0.05, 0.1) is 5.75 Å². The van der Waals surface area contributed by atoms with Crippen molar-refractivity contribution in [2.45, 2.75) is 58.3 Å². The van der Waals surface area contributed by atoms with Crippen LogP contribution < -0.4 is 10.6 Å². The Morgan fingerprint density at radius 3 is 1.91 bits per heavy atom. The normalized spacial score (nSPS) is 11.9. The summed E-state index contributed by atoms with van der Waals surface area (Å²) in [7, 11) is -1.22. The monoisotopic (exact) mass is 447 g/mol. The second-order valence-electron chi connectivity index (χ2n) is 5.53. The molecule has 5 nitrogen and oxygen atoms in total. The summed E-state index contributed by atoms with van der Waals surface area (Å²) in [5.41, 5.74) is 0. The van der Waals surface area contributed by atoms with Crippen LogP contribution in [-0.2, 0) is 9.84 Å². The van der Waals surface area contributed by atoms with E-state index in [9.17, 15) is 8.42 Å². The van der Waals surface area contributed by atoms with Crippen molar-refractivity contribution in [1.29, 1.82) is 0 Å². The first-order chi connectivity index (χ1) is 9.99. The van der Waals surface area contributed by atoms with E-state index < -0.39 is 9.84 Å². The van der Waals surface area contributed by atoms with Crippen molar-refractivity contribution in [3.05, 3.63) is 0 Å². The Balaban J connectivity index is 0. The summed E-state index contributed by atoms with van der Waals surface area (Å²) in [6.45, 7) is 3.52. The van der Waals surface area contributed by atoms with E-state index in [0.29, 0.717) is 12.5 Å². The molecule has 0 saturated heterocycles. The minimum absolute atomic E-state index is 0. The maximum Gasteiger partial charge on any atom is 0.191 e. The molecule has 0 aromatic rings. The highest BCUT2D eigenvalue weighted by molar-refractivity contribution is 14.0. The van der Waals surface area contributed by atoms with E-state index in [4.69, 9.17) is 0 Å². The number of hydrogen-bond acceptors (Lipinski definition) is 3. The molecular weight excluding hydrogens is 413 g/mol. The quantitative estimate of drug-likeness (QED) is 0.209. The fraction of sp³-hybridized carbons (Fsp3) is 0.933. The van der Waals surface area contributed by atoms with Gasteiger partial charge < -0.3 is 10.6 Å². The Morgan fingerprint density at radius 2 is 1.41 bits per heavy atom. The van der Waals surface area contributed by atoms with Crippen LogP contribution in [0.2, 0.25) is 0 Å². The molecule has 0 bridgehead atoms. The summed E-state index contributed by atoms with van der Waals surface area (Å²) in [5, 5.41) is 6.22. The van der Waals surface area contributed by atoms with Gasteiger partial charge in [-0.3, -0.25) is 4.99 Å². The molecule has 0 rings (SSSR count). The van der Waals surface area contributed by atoms with E-state index >= 15 is 0 Å². The third kappa shape index (κ3) is 18.0. The first kappa shape index (κ1) is 24.2. The number of rotatable bonds is 12. The minimum Gasteiger partial charge on any atom is -0.356 e. The smallest absolute Gasteiger partial charge is 0.191 e. The highest BCUT2D eigenvalue weighted by Gasteiger charge is 2.02. The van der Waals surface area contributed by atoms with Crippen LogP contribution in [0, 0.1) is 0 Å². The average molecular weight is 447 g/mol. The summed E-state index contributed by atoms with van der Waals surface area (Å²) >= 11 is 0. The van der Waals surface area contributed by atoms with Gasteiger partial charge in [-0.25, -0.2) is 8.42 Å². The zero-order chi connectivity index (χ0) is 16.0. The van der Waals surface area contributed by atoms with Crippen LogP contribution in [0.3, 0.4) is 0 Å². The number of nitrogens with zero attached hydrogens (tertiary/aromatic N) is 1. The molecule has 7 heteroatoms. The van der Waals surface area contributed by atoms with Crippen molar-refractivity contribution in [3.63, 3.8) is 0 Å². The molecule has 0 aliphatic heterocycles. The molecular formula is C15H34IN3O2S. The van der Waals surface area contributed by atoms with Crippen LogP contribution in [0.25, 0.3) is 0 Å². The van der Waals surface area contributed by atoms with E-state index in [1.54, 1.807) is 7.05 Å². The predicted octanol–water partition coefficient (Wildman–Crippen LogP) is 2.95. The molecule has 0 unspecified atom stereocenters. The maximum absolute atomic E-state index is 11.0. The van der Waals surface area contributed by atoms with Gasteiger partial charge in [-0.15, -0.1) is 24.0 Å². The van der Waals surface area contributed by atoms with Crippen LogP contribution in [0.5, 0.6) is 0 Å². The van der Waals surface area contributed by atoms with E-state index in [0.717, 1.165) is 13.0 Å². The minimum atomic E-state index is -2.92. The lowest BCUT2D eigenvalue weighted by Crippen LogP contribution is -2.39. The first-order valence-electron chi connectivity index (χ1n) is 8.12. The number of halogens is 1. The molecule has 0 saturated carbocycles. The number of guanidine groups is 1. The Bertz CT molecular complexity index is 373. The van der Waals surface area contributed by atoms with Gasteiger partial charge in [0.25, 0.3) is 0 Å². The molecule has 134 valence electrons. The van der Waals surface area contributed by atoms with Crippen molar-refractivity contribution in [3.8, 4) is 0 Å². The second-order valence-corrected chi connectivity index (χ2v) is 7.79. The molecule has 0 heterocycles. The van der Waals surface area contributed by atoms with Gasteiger partial charge in [-0.1, -0.05) is 51.9 Å². The molecule has 0 aromatic heterocycles. The predicted molar refractivity (Wildman–Crippen MR) is 107 cm³/mol. The van der Waals surface area contributed by atoms with Gasteiger partial charge in [0.1, 0.15) is 9.84 Å². The molecule has 0 atom stereocenters. The summed E-state index contributed by atoms with van der Waals surface area (Å²) in [6, 6.07) is 0. The van der Waals surface area contributed by atoms with Gasteiger partial charge in [0, 0.05) is 26.4 Å². The topological polar surface area (TPSA) is 70.6 Å². The zero-order valence-corrected chi connectivity index (χ0v) is 17.5. The molecule has 0 fully saturated rings. The van der Waals surface area contributed by atoms with Crippen LogP contribution in [0.4, 0.5) is 0 Å². The van der Waals surface area contributed by atoms with Crippen molar-refractivity contribution in [1.82, 2.24) is 10.6 Å². The lowest BCUT2D eigenvalue weighted by Gasteiger charge is -2.11. The van der Waals surface area contributed by atoms with Gasteiger partial charge in [-0.2, -0.15) is 0 Å². The van der Waals surface area contributed by atoms with Crippen molar-refractivity contribution < 1.29 is 8.42 Å². The highest BCUT2D eigenvalue weighted by atomic mass is 127. The van der Waals surface area contributed by atoms with Crippen LogP contribution >= 0.6 is 24.0 Å². The van der Waals surface area contributed by atoms with Crippen molar-refractivity contribution in [2.24, 2.45) is 4.99 Å². The average Bonchev–Trinajstić information content (AvgIpc) is 2.42. The van der Waals surface area contributed by atoms with Crippen LogP contribution in [-0.4, -0.2) is 46.5 Å². The van der Waals surface area contributed by atoms with Gasteiger partial charge >= 0.3 is 0 Å². The Morgan fingerprint density at radius 1 is 0.909 bits per heavy atom. The van der Waals surface area contributed by atoms with Gasteiger partial charge in [0.2, 0.25) is 0 Å². The number of aliphatic imine (C=N–C) groups is 1. The second kappa shape index (κ2) is 15.8. The molecule has 0 aliphatic carbocycles. The number of hydrogen-bond donors (Lipinski definition) is 2. The SMILES string of the molecule is CCCCCCCCCCNC(=NC)NCCS(C)(=O)=O.I. The highest BCUT2D eigenvalue weighted by Crippen LogP contribution is 2.07. The van der Waals surface area contributed by atoms with E-state index in [-0.39, 0.29) is 29.7 Å². The molecule has 0 aromatic carbocycles. The fourth-order valence-corrected chi connectivity index (χ4v) is 2.51. The lowest BCUT2D eigenvalue weighted by atomic mass is 10.1. The maximum atomic E-state index is 11.0. The first-order valence-corrected chi connectivity index (χ1v) is 10.2. The van der Waals surface area contributed by atoms with Gasteiger partial charge in [0.15, 0.2) is 5.96 Å². The molecule has 0 radical (unpaired) electrons. The largest absolute Gasteiger partial charge is 0.356 e. The fourth-order valence-electron chi connectivity index (χ4n) is 2.04. The molecule has 0 aliphatic rings. The van der Waals surface area contributed by atoms with Gasteiger partial charge in [-0.05, 0) is 6.42 Å². The number of nitrogens with one attached hydrogen (secondary N) is 2. The molecule has 2 N–H and O–H groups in total. The summed E-state index contributed by atoms with van der Waals surface area (Å²) in [4.78, 5) is 4.07. The molecule has 0 amide bonds. The summed E-state index contributed by atoms with van der Waals surface area (Å²) < 4.78 is 22.1. The van der Waals surface area contributed by atoms with Crippen molar-refractivity contribution in [2.75, 3.05) is 32.1 Å². The summed E-state index contributed by atoms with van der Waals surface area (Å²) in [5.74, 6) is 0.812. The van der Waals surface area contributed by atoms with Crippen LogP contribution in [0.1, 0.15) is 58.3 Å².